The van der Waals surface area contributed by atoms with E-state index in [1.807, 2.05) is 13.1 Å². The van der Waals surface area contributed by atoms with Crippen molar-refractivity contribution in [1.29, 1.82) is 0 Å². The molecule has 2 aromatic rings. The van der Waals surface area contributed by atoms with E-state index in [0.29, 0.717) is 0 Å². The van der Waals surface area contributed by atoms with Crippen LogP contribution < -0.4 is 5.32 Å². The Bertz CT molecular complexity index is 650. The van der Waals surface area contributed by atoms with E-state index in [9.17, 15) is 0 Å². The summed E-state index contributed by atoms with van der Waals surface area (Å²) in [5.74, 6) is 0. The molecule has 0 aliphatic carbocycles. The number of anilines is 1. The highest BCUT2D eigenvalue weighted by atomic mass is 14.8. The Morgan fingerprint density at radius 2 is 1.70 bits per heavy atom. The van der Waals surface area contributed by atoms with Gasteiger partial charge in [0, 0.05) is 12.7 Å². The number of benzene rings is 2. The Morgan fingerprint density at radius 1 is 1.05 bits per heavy atom. The molecule has 0 fully saturated rings. The van der Waals surface area contributed by atoms with Gasteiger partial charge in [-0.15, -0.1) is 0 Å². The molecule has 102 valence electrons. The van der Waals surface area contributed by atoms with E-state index in [1.54, 1.807) is 0 Å². The number of hydrogen-bond acceptors (Lipinski definition) is 1. The highest BCUT2D eigenvalue weighted by Crippen LogP contribution is 2.27. The maximum Gasteiger partial charge on any atom is 0.0411 e. The number of aryl methyl sites for hydroxylation is 1. The predicted molar refractivity (Wildman–Crippen MR) is 89.9 cm³/mol. The quantitative estimate of drug-likeness (QED) is 0.752. The number of hydrogen-bond donors (Lipinski definition) is 1. The van der Waals surface area contributed by atoms with Gasteiger partial charge >= 0.3 is 0 Å². The minimum atomic E-state index is 1.08. The Hall–Kier alpha value is -2.28. The van der Waals surface area contributed by atoms with Crippen molar-refractivity contribution in [2.75, 3.05) is 12.4 Å². The summed E-state index contributed by atoms with van der Waals surface area (Å²) in [5, 5.41) is 3.22. The summed E-state index contributed by atoms with van der Waals surface area (Å²) in [6.45, 7) is 8.48. The molecule has 0 aliphatic rings. The fraction of sp³-hybridized carbons (Fsp3) is 0.158. The van der Waals surface area contributed by atoms with Crippen molar-refractivity contribution in [1.82, 2.24) is 0 Å². The van der Waals surface area contributed by atoms with Gasteiger partial charge in [-0.25, -0.2) is 0 Å². The van der Waals surface area contributed by atoms with Crippen LogP contribution in [0.5, 0.6) is 0 Å². The Labute approximate surface area is 121 Å². The monoisotopic (exact) mass is 263 g/mol. The van der Waals surface area contributed by atoms with E-state index in [1.165, 1.54) is 22.3 Å². The maximum atomic E-state index is 4.25. The van der Waals surface area contributed by atoms with Crippen molar-refractivity contribution in [2.45, 2.75) is 13.8 Å². The molecule has 1 nitrogen and oxygen atoms in total. The van der Waals surface area contributed by atoms with Crippen molar-refractivity contribution in [2.24, 2.45) is 0 Å². The normalized spacial score (nSPS) is 11.2. The minimum Gasteiger partial charge on any atom is -0.388 e. The lowest BCUT2D eigenvalue weighted by Gasteiger charge is -2.11. The molecule has 20 heavy (non-hydrogen) atoms. The van der Waals surface area contributed by atoms with E-state index in [2.05, 4.69) is 74.3 Å². The van der Waals surface area contributed by atoms with Crippen LogP contribution in [0, 0.1) is 6.92 Å². The van der Waals surface area contributed by atoms with Crippen molar-refractivity contribution in [3.8, 4) is 0 Å². The van der Waals surface area contributed by atoms with E-state index in [4.69, 9.17) is 0 Å². The van der Waals surface area contributed by atoms with Gasteiger partial charge in [0.15, 0.2) is 0 Å². The van der Waals surface area contributed by atoms with Crippen LogP contribution in [0.2, 0.25) is 0 Å². The molecule has 0 aliphatic heterocycles. The minimum absolute atomic E-state index is 1.08. The average molecular weight is 263 g/mol. The Morgan fingerprint density at radius 3 is 2.40 bits per heavy atom. The van der Waals surface area contributed by atoms with Crippen molar-refractivity contribution in [3.05, 3.63) is 77.4 Å². The standard InChI is InChI=1S/C19H21N/c1-14-9-5-7-11-18(14)16(3)15(2)13-17-10-6-8-12-19(17)20-4/h5-13,20H,3H2,1-2,4H3/b15-13-. The molecule has 0 bridgehead atoms. The van der Waals surface area contributed by atoms with Crippen molar-refractivity contribution in [3.63, 3.8) is 0 Å². The Kier molecular flexibility index (Phi) is 4.41. The molecule has 0 spiro atoms. The molecule has 0 saturated heterocycles. The van der Waals surface area contributed by atoms with Gasteiger partial charge < -0.3 is 5.32 Å². The summed E-state index contributed by atoms with van der Waals surface area (Å²) in [6.07, 6.45) is 2.18. The molecule has 0 unspecified atom stereocenters. The van der Waals surface area contributed by atoms with Crippen LogP contribution in [0.25, 0.3) is 11.6 Å². The van der Waals surface area contributed by atoms with Crippen LogP contribution in [0.1, 0.15) is 23.6 Å². The first kappa shape index (κ1) is 14.1. The molecule has 0 atom stereocenters. The zero-order chi connectivity index (χ0) is 14.5. The molecule has 0 radical (unpaired) electrons. The van der Waals surface area contributed by atoms with E-state index >= 15 is 0 Å². The van der Waals surface area contributed by atoms with Gasteiger partial charge in [0.2, 0.25) is 0 Å². The summed E-state index contributed by atoms with van der Waals surface area (Å²) in [4.78, 5) is 0. The molecule has 0 saturated carbocycles. The molecule has 0 amide bonds. The van der Waals surface area contributed by atoms with Gasteiger partial charge in [0.1, 0.15) is 0 Å². The van der Waals surface area contributed by atoms with Crippen LogP contribution in [-0.2, 0) is 0 Å². The van der Waals surface area contributed by atoms with Gasteiger partial charge in [0.05, 0.1) is 0 Å². The van der Waals surface area contributed by atoms with E-state index < -0.39 is 0 Å². The lowest BCUT2D eigenvalue weighted by Crippen LogP contribution is -1.92. The van der Waals surface area contributed by atoms with Crippen LogP contribution in [0.3, 0.4) is 0 Å². The van der Waals surface area contributed by atoms with E-state index in [-0.39, 0.29) is 0 Å². The van der Waals surface area contributed by atoms with Gasteiger partial charge in [-0.05, 0) is 53.8 Å². The first-order valence-corrected chi connectivity index (χ1v) is 6.84. The summed E-state index contributed by atoms with van der Waals surface area (Å²) in [6, 6.07) is 16.6. The number of allylic oxidation sites excluding steroid dienone is 2. The van der Waals surface area contributed by atoms with Gasteiger partial charge in [-0.2, -0.15) is 0 Å². The smallest absolute Gasteiger partial charge is 0.0411 e. The van der Waals surface area contributed by atoms with Crippen LogP contribution in [-0.4, -0.2) is 7.05 Å². The lowest BCUT2D eigenvalue weighted by atomic mass is 9.95. The fourth-order valence-electron chi connectivity index (χ4n) is 2.29. The second kappa shape index (κ2) is 6.25. The highest BCUT2D eigenvalue weighted by molar-refractivity contribution is 5.85. The molecule has 0 aromatic heterocycles. The number of para-hydroxylation sites is 1. The largest absolute Gasteiger partial charge is 0.388 e. The fourth-order valence-corrected chi connectivity index (χ4v) is 2.29. The second-order valence-corrected chi connectivity index (χ2v) is 4.96. The maximum absolute atomic E-state index is 4.25. The summed E-state index contributed by atoms with van der Waals surface area (Å²) < 4.78 is 0. The van der Waals surface area contributed by atoms with Crippen molar-refractivity contribution >= 4 is 17.3 Å². The van der Waals surface area contributed by atoms with Crippen LogP contribution in [0.15, 0.2) is 60.7 Å². The molecular formula is C19H21N. The number of rotatable bonds is 4. The molecule has 2 rings (SSSR count). The Balaban J connectivity index is 2.36. The highest BCUT2D eigenvalue weighted by Gasteiger charge is 2.05. The molecule has 1 N–H and O–H groups in total. The molecule has 0 heterocycles. The molecule has 1 heteroatoms. The summed E-state index contributed by atoms with van der Waals surface area (Å²) in [5.41, 5.74) is 7.04. The topological polar surface area (TPSA) is 12.0 Å². The lowest BCUT2D eigenvalue weighted by molar-refractivity contribution is 1.40. The van der Waals surface area contributed by atoms with Gasteiger partial charge in [-0.3, -0.25) is 0 Å². The predicted octanol–water partition coefficient (Wildman–Crippen LogP) is 5.15. The molecular weight excluding hydrogens is 242 g/mol. The van der Waals surface area contributed by atoms with Gasteiger partial charge in [-0.1, -0.05) is 49.0 Å². The summed E-state index contributed by atoms with van der Waals surface area (Å²) in [7, 11) is 1.94. The first-order chi connectivity index (χ1) is 9.63. The van der Waals surface area contributed by atoms with Crippen LogP contribution in [0.4, 0.5) is 5.69 Å². The third-order valence-electron chi connectivity index (χ3n) is 3.55. The van der Waals surface area contributed by atoms with E-state index in [0.717, 1.165) is 11.3 Å². The third kappa shape index (κ3) is 3.00. The van der Waals surface area contributed by atoms with Crippen molar-refractivity contribution < 1.29 is 0 Å². The zero-order valence-corrected chi connectivity index (χ0v) is 12.4. The number of nitrogens with one attached hydrogen (secondary N) is 1. The first-order valence-electron chi connectivity index (χ1n) is 6.84. The van der Waals surface area contributed by atoms with Gasteiger partial charge in [0.25, 0.3) is 0 Å². The third-order valence-corrected chi connectivity index (χ3v) is 3.55. The SMILES string of the molecule is C=C(/C(C)=C\c1ccccc1NC)c1ccccc1C. The van der Waals surface area contributed by atoms with Crippen LogP contribution >= 0.6 is 0 Å². The zero-order valence-electron chi connectivity index (χ0n) is 12.4. The average Bonchev–Trinajstić information content (AvgIpc) is 2.47. The summed E-state index contributed by atoms with van der Waals surface area (Å²) >= 11 is 0. The molecule has 2 aromatic carbocycles. The second-order valence-electron chi connectivity index (χ2n) is 4.96.